The number of carbonyl (C=O) groups is 1. The molecule has 1 amide bonds. The molecule has 1 aromatic carbocycles. The van der Waals surface area contributed by atoms with Gasteiger partial charge >= 0.3 is 6.18 Å². The van der Waals surface area contributed by atoms with Crippen LogP contribution < -0.4 is 5.32 Å². The van der Waals surface area contributed by atoms with Gasteiger partial charge in [-0.25, -0.2) is 0 Å². The average Bonchev–Trinajstić information content (AvgIpc) is 2.54. The number of halogens is 3. The Morgan fingerprint density at radius 1 is 1.38 bits per heavy atom. The van der Waals surface area contributed by atoms with Gasteiger partial charge in [0.05, 0.1) is 17.1 Å². The van der Waals surface area contributed by atoms with Gasteiger partial charge in [-0.15, -0.1) is 0 Å². The van der Waals surface area contributed by atoms with Crippen LogP contribution in [0.25, 0.3) is 0 Å². The van der Waals surface area contributed by atoms with E-state index in [0.717, 1.165) is 12.1 Å². The number of benzene rings is 1. The van der Waals surface area contributed by atoms with E-state index >= 15 is 0 Å². The maximum absolute atomic E-state index is 12.8. The van der Waals surface area contributed by atoms with E-state index in [4.69, 9.17) is 4.74 Å². The molecule has 7 heteroatoms. The number of ether oxygens (including phenoxy) is 1. The SMILES string of the molecule is CCC(C(=O)NCC1(O)CCOCC1)c1cccc(C(F)(F)F)c1. The van der Waals surface area contributed by atoms with Crippen LogP contribution in [0.3, 0.4) is 0 Å². The summed E-state index contributed by atoms with van der Waals surface area (Å²) in [6.45, 7) is 2.67. The van der Waals surface area contributed by atoms with E-state index in [2.05, 4.69) is 5.32 Å². The van der Waals surface area contributed by atoms with Gasteiger partial charge in [0.25, 0.3) is 0 Å². The van der Waals surface area contributed by atoms with E-state index < -0.39 is 23.3 Å². The van der Waals surface area contributed by atoms with Crippen LogP contribution >= 0.6 is 0 Å². The standard InChI is InChI=1S/C17H22F3NO3/c1-2-14(12-4-3-5-13(10-12)17(18,19)20)15(22)21-11-16(23)6-8-24-9-7-16/h3-5,10,14,23H,2,6-9,11H2,1H3,(H,21,22). The van der Waals surface area contributed by atoms with Crippen molar-refractivity contribution >= 4 is 5.91 Å². The molecule has 1 aromatic rings. The van der Waals surface area contributed by atoms with E-state index in [1.54, 1.807) is 6.92 Å². The third-order valence-corrected chi connectivity index (χ3v) is 4.36. The van der Waals surface area contributed by atoms with Crippen molar-refractivity contribution < 1.29 is 27.8 Å². The monoisotopic (exact) mass is 345 g/mol. The molecule has 0 aromatic heterocycles. The second-order valence-corrected chi connectivity index (χ2v) is 6.14. The molecule has 1 heterocycles. The number of nitrogens with one attached hydrogen (secondary N) is 1. The number of aliphatic hydroxyl groups is 1. The number of rotatable bonds is 5. The maximum atomic E-state index is 12.8. The predicted octanol–water partition coefficient (Wildman–Crippen LogP) is 2.86. The van der Waals surface area contributed by atoms with Crippen molar-refractivity contribution in [2.75, 3.05) is 19.8 Å². The summed E-state index contributed by atoms with van der Waals surface area (Å²) in [5.41, 5.74) is -1.46. The molecule has 134 valence electrons. The van der Waals surface area contributed by atoms with E-state index in [0.29, 0.717) is 38.0 Å². The largest absolute Gasteiger partial charge is 0.416 e. The Morgan fingerprint density at radius 2 is 2.04 bits per heavy atom. The Hall–Kier alpha value is -1.60. The number of hydrogen-bond acceptors (Lipinski definition) is 3. The van der Waals surface area contributed by atoms with Crippen LogP contribution in [0, 0.1) is 0 Å². The molecular weight excluding hydrogens is 323 g/mol. The summed E-state index contributed by atoms with van der Waals surface area (Å²) in [4.78, 5) is 12.4. The van der Waals surface area contributed by atoms with Gasteiger partial charge in [-0.2, -0.15) is 13.2 Å². The lowest BCUT2D eigenvalue weighted by Crippen LogP contribution is -2.47. The number of hydrogen-bond donors (Lipinski definition) is 2. The second kappa shape index (κ2) is 7.53. The molecule has 4 nitrogen and oxygen atoms in total. The number of alkyl halides is 3. The van der Waals surface area contributed by atoms with Crippen LogP contribution in [-0.2, 0) is 15.7 Å². The quantitative estimate of drug-likeness (QED) is 0.863. The number of carbonyl (C=O) groups excluding carboxylic acids is 1. The molecule has 0 aliphatic carbocycles. The summed E-state index contributed by atoms with van der Waals surface area (Å²) >= 11 is 0. The van der Waals surface area contributed by atoms with Gasteiger partial charge in [-0.1, -0.05) is 25.1 Å². The lowest BCUT2D eigenvalue weighted by Gasteiger charge is -2.32. The van der Waals surface area contributed by atoms with Crippen molar-refractivity contribution in [1.29, 1.82) is 0 Å². The molecule has 1 fully saturated rings. The van der Waals surface area contributed by atoms with Crippen molar-refractivity contribution in [3.63, 3.8) is 0 Å². The molecule has 1 unspecified atom stereocenters. The summed E-state index contributed by atoms with van der Waals surface area (Å²) in [7, 11) is 0. The van der Waals surface area contributed by atoms with Crippen LogP contribution in [0.1, 0.15) is 43.2 Å². The highest BCUT2D eigenvalue weighted by atomic mass is 19.4. The Bertz CT molecular complexity index is 568. The fourth-order valence-electron chi connectivity index (χ4n) is 2.81. The van der Waals surface area contributed by atoms with Gasteiger partial charge in [0.15, 0.2) is 0 Å². The van der Waals surface area contributed by atoms with Gasteiger partial charge in [-0.05, 0) is 18.1 Å². The fraction of sp³-hybridized carbons (Fsp3) is 0.588. The zero-order valence-electron chi connectivity index (χ0n) is 13.5. The van der Waals surface area contributed by atoms with Crippen molar-refractivity contribution in [3.8, 4) is 0 Å². The molecule has 2 rings (SSSR count). The minimum atomic E-state index is -4.44. The normalized spacial score (nSPS) is 18.9. The fourth-order valence-corrected chi connectivity index (χ4v) is 2.81. The highest BCUT2D eigenvalue weighted by Gasteiger charge is 2.33. The Labute approximate surface area is 139 Å². The van der Waals surface area contributed by atoms with E-state index in [1.807, 2.05) is 0 Å². The van der Waals surface area contributed by atoms with Crippen LogP contribution in [0.2, 0.25) is 0 Å². The topological polar surface area (TPSA) is 58.6 Å². The molecule has 24 heavy (non-hydrogen) atoms. The van der Waals surface area contributed by atoms with Crippen molar-refractivity contribution in [3.05, 3.63) is 35.4 Å². The van der Waals surface area contributed by atoms with Crippen molar-refractivity contribution in [2.24, 2.45) is 0 Å². The van der Waals surface area contributed by atoms with E-state index in [-0.39, 0.29) is 12.5 Å². The first-order chi connectivity index (χ1) is 11.2. The molecule has 0 spiro atoms. The highest BCUT2D eigenvalue weighted by molar-refractivity contribution is 5.83. The molecule has 0 bridgehead atoms. The Balaban J connectivity index is 2.06. The third kappa shape index (κ3) is 4.70. The predicted molar refractivity (Wildman–Crippen MR) is 82.5 cm³/mol. The molecule has 1 atom stereocenters. The molecule has 0 radical (unpaired) electrons. The minimum Gasteiger partial charge on any atom is -0.388 e. The highest BCUT2D eigenvalue weighted by Crippen LogP contribution is 2.32. The Kier molecular flexibility index (Phi) is 5.87. The van der Waals surface area contributed by atoms with E-state index in [9.17, 15) is 23.1 Å². The summed E-state index contributed by atoms with van der Waals surface area (Å²) in [6.07, 6.45) is -3.22. The zero-order valence-corrected chi connectivity index (χ0v) is 13.5. The summed E-state index contributed by atoms with van der Waals surface area (Å²) < 4.78 is 43.7. The molecule has 0 saturated carbocycles. The van der Waals surface area contributed by atoms with Crippen LogP contribution in [0.5, 0.6) is 0 Å². The summed E-state index contributed by atoms with van der Waals surface area (Å²) in [6, 6.07) is 4.82. The van der Waals surface area contributed by atoms with Gasteiger partial charge in [0, 0.05) is 32.6 Å². The lowest BCUT2D eigenvalue weighted by molar-refractivity contribution is -0.137. The van der Waals surface area contributed by atoms with Gasteiger partial charge < -0.3 is 15.2 Å². The van der Waals surface area contributed by atoms with Gasteiger partial charge in [-0.3, -0.25) is 4.79 Å². The second-order valence-electron chi connectivity index (χ2n) is 6.14. The van der Waals surface area contributed by atoms with Gasteiger partial charge in [0.2, 0.25) is 5.91 Å². The lowest BCUT2D eigenvalue weighted by atomic mass is 9.92. The minimum absolute atomic E-state index is 0.0741. The Morgan fingerprint density at radius 3 is 2.62 bits per heavy atom. The van der Waals surface area contributed by atoms with E-state index in [1.165, 1.54) is 12.1 Å². The first-order valence-corrected chi connectivity index (χ1v) is 8.00. The molecule has 2 N–H and O–H groups in total. The van der Waals surface area contributed by atoms with Crippen LogP contribution in [-0.4, -0.2) is 36.4 Å². The van der Waals surface area contributed by atoms with Crippen LogP contribution in [0.15, 0.2) is 24.3 Å². The smallest absolute Gasteiger partial charge is 0.388 e. The maximum Gasteiger partial charge on any atom is 0.416 e. The first-order valence-electron chi connectivity index (χ1n) is 8.00. The van der Waals surface area contributed by atoms with Crippen molar-refractivity contribution in [1.82, 2.24) is 5.32 Å². The van der Waals surface area contributed by atoms with Crippen LogP contribution in [0.4, 0.5) is 13.2 Å². The summed E-state index contributed by atoms with van der Waals surface area (Å²) in [5.74, 6) is -1.06. The summed E-state index contributed by atoms with van der Waals surface area (Å²) in [5, 5.41) is 13.0. The van der Waals surface area contributed by atoms with Gasteiger partial charge in [0.1, 0.15) is 0 Å². The average molecular weight is 345 g/mol. The molecule has 1 aliphatic heterocycles. The first kappa shape index (κ1) is 18.7. The molecular formula is C17H22F3NO3. The van der Waals surface area contributed by atoms with Crippen molar-refractivity contribution in [2.45, 2.75) is 43.9 Å². The molecule has 1 saturated heterocycles. The molecule has 1 aliphatic rings. The number of amides is 1. The zero-order chi connectivity index (χ0) is 17.8. The third-order valence-electron chi connectivity index (χ3n) is 4.36.